The van der Waals surface area contributed by atoms with Crippen LogP contribution in [0.1, 0.15) is 64.2 Å². The van der Waals surface area contributed by atoms with E-state index < -0.39 is 31.7 Å². The van der Waals surface area contributed by atoms with Gasteiger partial charge in [-0.2, -0.15) is 5.26 Å². The number of hydrogen-bond donors (Lipinski definition) is 0. The molecule has 1 saturated heterocycles. The number of carbonyl (C=O) groups excluding carboxylic acids is 1. The van der Waals surface area contributed by atoms with Gasteiger partial charge in [0.25, 0.3) is 0 Å². The summed E-state index contributed by atoms with van der Waals surface area (Å²) in [6.07, 6.45) is 9.59. The van der Waals surface area contributed by atoms with Gasteiger partial charge in [-0.1, -0.05) is 38.5 Å². The molecule has 0 radical (unpaired) electrons. The largest absolute Gasteiger partial charge is 1.00 e. The minimum absolute atomic E-state index is 0. The molecule has 0 saturated carbocycles. The number of rotatable bonds is 17. The smallest absolute Gasteiger partial charge is 0.748 e. The van der Waals surface area contributed by atoms with Crippen LogP contribution in [0.4, 0.5) is 0 Å². The fraction of sp³-hybridized carbons (Fsp3) is 0.714. The van der Waals surface area contributed by atoms with E-state index in [4.69, 9.17) is 0 Å². The third-order valence-corrected chi connectivity index (χ3v) is 8.70. The molecular formula is C21H32N2Na2O7S3. The summed E-state index contributed by atoms with van der Waals surface area (Å²) < 4.78 is 57.2. The molecule has 1 rings (SSSR count). The summed E-state index contributed by atoms with van der Waals surface area (Å²) >= 11 is 1.49. The predicted octanol–water partition coefficient (Wildman–Crippen LogP) is -4.10. The van der Waals surface area contributed by atoms with E-state index in [1.54, 1.807) is 12.1 Å². The summed E-state index contributed by atoms with van der Waals surface area (Å²) in [6, 6.07) is 1.77. The van der Waals surface area contributed by atoms with Crippen LogP contribution in [0.2, 0.25) is 0 Å². The Morgan fingerprint density at radius 1 is 0.971 bits per heavy atom. The number of nitriles is 1. The third-order valence-electron chi connectivity index (χ3n) is 5.11. The van der Waals surface area contributed by atoms with Crippen molar-refractivity contribution in [3.63, 3.8) is 0 Å². The predicted molar refractivity (Wildman–Crippen MR) is 125 cm³/mol. The molecule has 0 N–H and O–H groups in total. The Morgan fingerprint density at radius 3 is 2.09 bits per heavy atom. The fourth-order valence-electron chi connectivity index (χ4n) is 3.36. The molecule has 1 fully saturated rings. The SMILES string of the molecule is N#C/C(=C/C=C1/SCCN1CCCS(=O)(=O)[O-])S(=O)(=O)CCCCCCCCCCC(=O)[O-].[Na+].[Na+]. The number of allylic oxidation sites excluding steroid dienone is 3. The molecular weight excluding hydrogens is 534 g/mol. The van der Waals surface area contributed by atoms with Gasteiger partial charge in [-0.3, -0.25) is 0 Å². The van der Waals surface area contributed by atoms with Gasteiger partial charge in [0.2, 0.25) is 0 Å². The van der Waals surface area contributed by atoms with E-state index >= 15 is 0 Å². The van der Waals surface area contributed by atoms with Gasteiger partial charge in [0.1, 0.15) is 11.0 Å². The van der Waals surface area contributed by atoms with Gasteiger partial charge in [0.15, 0.2) is 9.84 Å². The van der Waals surface area contributed by atoms with E-state index in [-0.39, 0.29) is 82.6 Å². The number of nitrogens with zero attached hydrogens (tertiary/aromatic N) is 2. The number of carboxylic acid groups (broad SMARTS) is 1. The van der Waals surface area contributed by atoms with Crippen molar-refractivity contribution in [3.8, 4) is 6.07 Å². The molecule has 188 valence electrons. The maximum Gasteiger partial charge on any atom is 1.00 e. The molecule has 0 atom stereocenters. The van der Waals surface area contributed by atoms with E-state index in [0.717, 1.165) is 49.3 Å². The van der Waals surface area contributed by atoms with Gasteiger partial charge in [0, 0.05) is 30.6 Å². The molecule has 0 spiro atoms. The molecule has 0 aromatic carbocycles. The molecule has 0 amide bonds. The summed E-state index contributed by atoms with van der Waals surface area (Å²) in [5.74, 6) is -0.808. The summed E-state index contributed by atoms with van der Waals surface area (Å²) in [4.78, 5) is 11.9. The summed E-state index contributed by atoms with van der Waals surface area (Å²) in [5.41, 5.74) is 0. The van der Waals surface area contributed by atoms with Gasteiger partial charge >= 0.3 is 59.1 Å². The van der Waals surface area contributed by atoms with Crippen LogP contribution in [-0.2, 0) is 24.7 Å². The Labute approximate surface area is 258 Å². The average Bonchev–Trinajstić information content (AvgIpc) is 3.15. The molecule has 1 heterocycles. The van der Waals surface area contributed by atoms with Crippen molar-refractivity contribution in [1.82, 2.24) is 4.90 Å². The number of hydrogen-bond acceptors (Lipinski definition) is 10. The van der Waals surface area contributed by atoms with Crippen molar-refractivity contribution in [2.75, 3.05) is 30.3 Å². The van der Waals surface area contributed by atoms with Crippen molar-refractivity contribution >= 4 is 37.7 Å². The number of carbonyl (C=O) groups is 1. The van der Waals surface area contributed by atoms with Crippen LogP contribution in [0.15, 0.2) is 22.1 Å². The second kappa shape index (κ2) is 20.4. The molecule has 14 heteroatoms. The quantitative estimate of drug-likeness (QED) is 0.0733. The average molecular weight is 567 g/mol. The van der Waals surface area contributed by atoms with Crippen molar-refractivity contribution in [1.29, 1.82) is 5.26 Å². The molecule has 1 aliphatic heterocycles. The molecule has 35 heavy (non-hydrogen) atoms. The van der Waals surface area contributed by atoms with E-state index in [1.165, 1.54) is 17.8 Å². The second-order valence-corrected chi connectivity index (χ2v) is 12.6. The van der Waals surface area contributed by atoms with Crippen molar-refractivity contribution in [3.05, 3.63) is 22.1 Å². The van der Waals surface area contributed by atoms with Gasteiger partial charge < -0.3 is 19.4 Å². The molecule has 0 unspecified atom stereocenters. The molecule has 9 nitrogen and oxygen atoms in total. The van der Waals surface area contributed by atoms with Crippen LogP contribution >= 0.6 is 11.8 Å². The minimum atomic E-state index is -4.26. The van der Waals surface area contributed by atoms with Crippen molar-refractivity contribution in [2.45, 2.75) is 64.2 Å². The monoisotopic (exact) mass is 566 g/mol. The summed E-state index contributed by atoms with van der Waals surface area (Å²) in [5, 5.41) is 20.4. The number of thioether (sulfide) groups is 1. The van der Waals surface area contributed by atoms with Gasteiger partial charge in [-0.05, 0) is 37.8 Å². The molecule has 0 aromatic rings. The number of carboxylic acids is 1. The summed E-state index contributed by atoms with van der Waals surface area (Å²) in [6.45, 7) is 1.04. The zero-order chi connectivity index (χ0) is 24.7. The van der Waals surface area contributed by atoms with Gasteiger partial charge in [-0.25, -0.2) is 16.8 Å². The van der Waals surface area contributed by atoms with Crippen LogP contribution in [0, 0.1) is 11.3 Å². The zero-order valence-corrected chi connectivity index (χ0v) is 27.2. The minimum Gasteiger partial charge on any atom is -0.748 e. The maximum absolute atomic E-state index is 12.5. The first kappa shape index (κ1) is 37.6. The van der Waals surface area contributed by atoms with E-state index in [2.05, 4.69) is 0 Å². The first-order valence-corrected chi connectivity index (χ1v) is 15.3. The van der Waals surface area contributed by atoms with Crippen LogP contribution in [-0.4, -0.2) is 62.6 Å². The Hall–Kier alpha value is 0.450. The second-order valence-electron chi connectivity index (χ2n) is 7.87. The van der Waals surface area contributed by atoms with E-state index in [0.29, 0.717) is 25.9 Å². The Balaban J connectivity index is 0. The van der Waals surface area contributed by atoms with Crippen LogP contribution < -0.4 is 64.2 Å². The molecule has 0 aliphatic carbocycles. The zero-order valence-electron chi connectivity index (χ0n) is 20.7. The van der Waals surface area contributed by atoms with Crippen molar-refractivity contribution < 1.29 is 90.4 Å². The van der Waals surface area contributed by atoms with E-state index in [1.807, 2.05) is 4.90 Å². The number of unbranched alkanes of at least 4 members (excludes halogenated alkanes) is 7. The van der Waals surface area contributed by atoms with Crippen LogP contribution in [0.3, 0.4) is 0 Å². The van der Waals surface area contributed by atoms with E-state index in [9.17, 15) is 36.6 Å². The Bertz CT molecular complexity index is 946. The molecule has 0 bridgehead atoms. The Morgan fingerprint density at radius 2 is 1.54 bits per heavy atom. The molecule has 1 aliphatic rings. The fourth-order valence-corrected chi connectivity index (χ4v) is 6.11. The standard InChI is InChI=1S/C21H34N2O7S3.2Na/c22-18-19(11-12-20-23(14-15-31-20)13-9-17-33(28,29)30)32(26,27)16-8-6-4-2-1-3-5-7-10-21(24)25;;/h11-12H,1-10,13-17H2,(H,24,25)(H,28,29,30);;/q;2*+1/p-2/b19-11-,20-12+;;. The molecule has 0 aromatic heterocycles. The number of sulfone groups is 1. The van der Waals surface area contributed by atoms with Gasteiger partial charge in [-0.15, -0.1) is 11.8 Å². The normalized spacial score (nSPS) is 15.4. The van der Waals surface area contributed by atoms with Crippen molar-refractivity contribution in [2.24, 2.45) is 0 Å². The topological polar surface area (TPSA) is 158 Å². The third kappa shape index (κ3) is 18.4. The van der Waals surface area contributed by atoms with Crippen LogP contribution in [0.5, 0.6) is 0 Å². The van der Waals surface area contributed by atoms with Crippen LogP contribution in [0.25, 0.3) is 0 Å². The van der Waals surface area contributed by atoms with Gasteiger partial charge in [0.05, 0.1) is 20.9 Å². The summed E-state index contributed by atoms with van der Waals surface area (Å²) in [7, 11) is -7.95. The Kier molecular flexibility index (Phi) is 21.9. The maximum atomic E-state index is 12.5. The number of aliphatic carboxylic acids is 1. The first-order chi connectivity index (χ1) is 15.5. The first-order valence-electron chi connectivity index (χ1n) is 11.1.